The van der Waals surface area contributed by atoms with E-state index in [1.807, 2.05) is 6.07 Å². The fourth-order valence-corrected chi connectivity index (χ4v) is 4.09. The quantitative estimate of drug-likeness (QED) is 0.517. The van der Waals surface area contributed by atoms with Crippen molar-refractivity contribution in [2.24, 2.45) is 0 Å². The van der Waals surface area contributed by atoms with Crippen LogP contribution in [0, 0.1) is 13.8 Å². The molecule has 2 N–H and O–H groups in total. The maximum Gasteiger partial charge on any atom is 0.416 e. The summed E-state index contributed by atoms with van der Waals surface area (Å²) in [6, 6.07) is 10.2. The highest BCUT2D eigenvalue weighted by Gasteiger charge is 2.31. The summed E-state index contributed by atoms with van der Waals surface area (Å²) in [5.74, 6) is -0.623. The molecule has 1 aromatic heterocycles. The van der Waals surface area contributed by atoms with E-state index in [1.165, 1.54) is 23.9 Å². The van der Waals surface area contributed by atoms with Gasteiger partial charge in [-0.1, -0.05) is 12.1 Å². The monoisotopic (exact) mass is 437 g/mol. The van der Waals surface area contributed by atoms with Crippen LogP contribution in [0.2, 0.25) is 0 Å². The molecule has 6 nitrogen and oxygen atoms in total. The Morgan fingerprint density at radius 1 is 1.17 bits per heavy atom. The number of carbonyl (C=O) groups is 1. The van der Waals surface area contributed by atoms with Crippen LogP contribution in [0.25, 0.3) is 0 Å². The maximum atomic E-state index is 12.9. The number of carboxylic acids is 1. The molecule has 0 radical (unpaired) electrons. The number of alkyl halides is 3. The lowest BCUT2D eigenvalue weighted by atomic mass is 10.1. The number of hydrogen-bond acceptors (Lipinski definition) is 5. The molecular formula is C20H18F3N3O3S. The standard InChI is InChI=1S/C20H18F3N3O3S/c1-11-9-15(7-8-16(11)29-10-17(27)28)30-19(18-12(2)24-26-25-18)13-3-5-14(6-4-13)20(21,22)23/h3-9,19H,10H2,1-2H3,(H,27,28)(H,24,25,26). The van der Waals surface area contributed by atoms with Crippen LogP contribution < -0.4 is 4.74 Å². The van der Waals surface area contributed by atoms with Crippen LogP contribution in [0.15, 0.2) is 47.4 Å². The highest BCUT2D eigenvalue weighted by molar-refractivity contribution is 7.99. The van der Waals surface area contributed by atoms with Crippen molar-refractivity contribution < 1.29 is 27.8 Å². The Kier molecular flexibility index (Phi) is 6.35. The van der Waals surface area contributed by atoms with Crippen molar-refractivity contribution in [3.63, 3.8) is 0 Å². The van der Waals surface area contributed by atoms with Crippen molar-refractivity contribution in [2.45, 2.75) is 30.2 Å². The molecule has 1 unspecified atom stereocenters. The number of aliphatic carboxylic acids is 1. The van der Waals surface area contributed by atoms with Gasteiger partial charge in [-0.3, -0.25) is 0 Å². The lowest BCUT2D eigenvalue weighted by Crippen LogP contribution is -2.10. The number of carboxylic acid groups (broad SMARTS) is 1. The van der Waals surface area contributed by atoms with Crippen molar-refractivity contribution >= 4 is 17.7 Å². The number of benzene rings is 2. The lowest BCUT2D eigenvalue weighted by molar-refractivity contribution is -0.139. The number of aromatic nitrogens is 3. The number of nitrogens with one attached hydrogen (secondary N) is 1. The molecule has 0 fully saturated rings. The normalized spacial score (nSPS) is 12.6. The topological polar surface area (TPSA) is 88.1 Å². The fourth-order valence-electron chi connectivity index (χ4n) is 2.80. The molecule has 0 saturated heterocycles. The number of halogens is 3. The Morgan fingerprint density at radius 2 is 1.87 bits per heavy atom. The number of H-pyrrole nitrogens is 1. The van der Waals surface area contributed by atoms with E-state index in [4.69, 9.17) is 9.84 Å². The Bertz CT molecular complexity index is 1040. The average molecular weight is 437 g/mol. The number of nitrogens with zero attached hydrogens (tertiary/aromatic N) is 2. The van der Waals surface area contributed by atoms with Gasteiger partial charge in [0.15, 0.2) is 6.61 Å². The lowest BCUT2D eigenvalue weighted by Gasteiger charge is -2.17. The van der Waals surface area contributed by atoms with Crippen LogP contribution in [0.1, 0.15) is 33.3 Å². The zero-order valence-corrected chi connectivity index (χ0v) is 16.8. The minimum Gasteiger partial charge on any atom is -0.482 e. The first kappa shape index (κ1) is 21.7. The molecule has 0 saturated carbocycles. The van der Waals surface area contributed by atoms with Crippen molar-refractivity contribution in [1.29, 1.82) is 0 Å². The van der Waals surface area contributed by atoms with E-state index in [0.717, 1.165) is 22.6 Å². The van der Waals surface area contributed by atoms with Crippen molar-refractivity contribution in [1.82, 2.24) is 15.4 Å². The first-order valence-electron chi connectivity index (χ1n) is 8.81. The predicted molar refractivity (Wildman–Crippen MR) is 105 cm³/mol. The van der Waals surface area contributed by atoms with E-state index in [-0.39, 0.29) is 0 Å². The van der Waals surface area contributed by atoms with E-state index in [1.54, 1.807) is 26.0 Å². The summed E-state index contributed by atoms with van der Waals surface area (Å²) in [6.45, 7) is 3.11. The highest BCUT2D eigenvalue weighted by atomic mass is 32.2. The van der Waals surface area contributed by atoms with Crippen molar-refractivity contribution in [3.05, 3.63) is 70.5 Å². The Hall–Kier alpha value is -3.01. The third-order valence-corrected chi connectivity index (χ3v) is 5.56. The van der Waals surface area contributed by atoms with Gasteiger partial charge in [-0.2, -0.15) is 28.6 Å². The second-order valence-corrected chi connectivity index (χ2v) is 7.70. The summed E-state index contributed by atoms with van der Waals surface area (Å²) in [5, 5.41) is 19.1. The van der Waals surface area contributed by atoms with E-state index in [2.05, 4.69) is 15.4 Å². The summed E-state index contributed by atoms with van der Waals surface area (Å²) < 4.78 is 44.0. The fraction of sp³-hybridized carbons (Fsp3) is 0.250. The Balaban J connectivity index is 1.90. The molecular weight excluding hydrogens is 419 g/mol. The van der Waals surface area contributed by atoms with Gasteiger partial charge in [-0.15, -0.1) is 11.8 Å². The molecule has 158 valence electrons. The van der Waals surface area contributed by atoms with Gasteiger partial charge in [0.2, 0.25) is 0 Å². The smallest absolute Gasteiger partial charge is 0.416 e. The molecule has 0 aliphatic heterocycles. The van der Waals surface area contributed by atoms with E-state index in [0.29, 0.717) is 22.7 Å². The molecule has 0 spiro atoms. The molecule has 2 aromatic carbocycles. The molecule has 3 rings (SSSR count). The Morgan fingerprint density at radius 3 is 2.40 bits per heavy atom. The van der Waals surface area contributed by atoms with Crippen molar-refractivity contribution in [3.8, 4) is 5.75 Å². The third kappa shape index (κ3) is 5.12. The first-order chi connectivity index (χ1) is 14.1. The molecule has 0 aliphatic carbocycles. The van der Waals surface area contributed by atoms with Crippen LogP contribution in [-0.2, 0) is 11.0 Å². The molecule has 0 bridgehead atoms. The number of aryl methyl sites for hydroxylation is 2. The second-order valence-electron chi connectivity index (χ2n) is 6.52. The molecule has 1 atom stereocenters. The van der Waals surface area contributed by atoms with Crippen LogP contribution in [0.4, 0.5) is 13.2 Å². The third-order valence-electron chi connectivity index (χ3n) is 4.30. The van der Waals surface area contributed by atoms with Crippen LogP contribution in [0.3, 0.4) is 0 Å². The molecule has 30 heavy (non-hydrogen) atoms. The number of hydrogen-bond donors (Lipinski definition) is 2. The average Bonchev–Trinajstić information content (AvgIpc) is 3.10. The van der Waals surface area contributed by atoms with Gasteiger partial charge in [-0.05, 0) is 55.3 Å². The second kappa shape index (κ2) is 8.78. The molecule has 0 aliphatic rings. The summed E-state index contributed by atoms with van der Waals surface area (Å²) in [7, 11) is 0. The van der Waals surface area contributed by atoms with E-state index in [9.17, 15) is 18.0 Å². The summed E-state index contributed by atoms with van der Waals surface area (Å²) in [4.78, 5) is 11.5. The van der Waals surface area contributed by atoms with Gasteiger partial charge in [0.1, 0.15) is 11.4 Å². The van der Waals surface area contributed by atoms with Crippen LogP contribution in [0.5, 0.6) is 5.75 Å². The SMILES string of the molecule is Cc1cc(SC(c2ccc(C(F)(F)F)cc2)c2n[nH]nc2C)ccc1OCC(=O)O. The molecule has 0 amide bonds. The van der Waals surface area contributed by atoms with E-state index >= 15 is 0 Å². The Labute approximate surface area is 174 Å². The molecule has 10 heteroatoms. The van der Waals surface area contributed by atoms with Gasteiger partial charge in [0.25, 0.3) is 0 Å². The van der Waals surface area contributed by atoms with Crippen LogP contribution in [-0.4, -0.2) is 33.1 Å². The number of thioether (sulfide) groups is 1. The molecule has 3 aromatic rings. The van der Waals surface area contributed by atoms with Crippen LogP contribution >= 0.6 is 11.8 Å². The molecule has 1 heterocycles. The first-order valence-corrected chi connectivity index (χ1v) is 9.69. The van der Waals surface area contributed by atoms with Gasteiger partial charge < -0.3 is 9.84 Å². The number of rotatable bonds is 7. The predicted octanol–water partition coefficient (Wildman–Crippen LogP) is 4.79. The van der Waals surface area contributed by atoms with Crippen molar-refractivity contribution in [2.75, 3.05) is 6.61 Å². The highest BCUT2D eigenvalue weighted by Crippen LogP contribution is 2.42. The van der Waals surface area contributed by atoms with Gasteiger partial charge in [0, 0.05) is 4.90 Å². The number of aromatic amines is 1. The zero-order chi connectivity index (χ0) is 21.9. The number of ether oxygens (including phenoxy) is 1. The van der Waals surface area contributed by atoms with Gasteiger partial charge in [-0.25, -0.2) is 4.79 Å². The summed E-state index contributed by atoms with van der Waals surface area (Å²) in [6.07, 6.45) is -4.41. The minimum absolute atomic E-state index is 0.392. The zero-order valence-electron chi connectivity index (χ0n) is 16.0. The summed E-state index contributed by atoms with van der Waals surface area (Å²) >= 11 is 1.40. The largest absolute Gasteiger partial charge is 0.482 e. The van der Waals surface area contributed by atoms with E-state index < -0.39 is 29.6 Å². The summed E-state index contributed by atoms with van der Waals surface area (Å²) in [5.41, 5.74) is 1.93. The van der Waals surface area contributed by atoms with Gasteiger partial charge >= 0.3 is 12.1 Å². The minimum atomic E-state index is -4.41. The van der Waals surface area contributed by atoms with Gasteiger partial charge in [0.05, 0.1) is 16.5 Å². The maximum absolute atomic E-state index is 12.9.